The molecule has 0 heterocycles. The highest BCUT2D eigenvalue weighted by molar-refractivity contribution is 5.97. The molecule has 1 amide bonds. The largest absolute Gasteiger partial charge is 0.360 e. The van der Waals surface area contributed by atoms with Crippen molar-refractivity contribution in [2.75, 3.05) is 11.9 Å². The van der Waals surface area contributed by atoms with Crippen molar-refractivity contribution in [1.29, 1.82) is 5.26 Å². The Kier molecular flexibility index (Phi) is 7.03. The normalized spacial score (nSPS) is 11.1. The van der Waals surface area contributed by atoms with E-state index in [9.17, 15) is 4.79 Å². The summed E-state index contributed by atoms with van der Waals surface area (Å²) in [6, 6.07) is 9.82. The lowest BCUT2D eigenvalue weighted by atomic mass is 10.0. The van der Waals surface area contributed by atoms with Crippen molar-refractivity contribution in [3.63, 3.8) is 0 Å². The van der Waals surface area contributed by atoms with Crippen molar-refractivity contribution < 1.29 is 4.79 Å². The Labute approximate surface area is 126 Å². The number of hydrogen-bond acceptors (Lipinski definition) is 3. The summed E-state index contributed by atoms with van der Waals surface area (Å²) < 4.78 is 0. The zero-order valence-electron chi connectivity index (χ0n) is 12.9. The third-order valence-electron chi connectivity index (χ3n) is 3.14. The number of nitrogens with zero attached hydrogens (tertiary/aromatic N) is 1. The molecule has 1 aromatic rings. The predicted molar refractivity (Wildman–Crippen MR) is 85.8 cm³/mol. The number of rotatable bonds is 7. The Morgan fingerprint density at radius 2 is 2.10 bits per heavy atom. The summed E-state index contributed by atoms with van der Waals surface area (Å²) in [4.78, 5) is 11.8. The molecule has 0 saturated carbocycles. The van der Waals surface area contributed by atoms with Crippen LogP contribution in [0.3, 0.4) is 0 Å². The number of carbonyl (C=O) groups excluding carboxylic acids is 1. The van der Waals surface area contributed by atoms with Crippen molar-refractivity contribution in [3.05, 3.63) is 41.6 Å². The average molecular weight is 285 g/mol. The lowest BCUT2D eigenvalue weighted by molar-refractivity contribution is -0.117. The highest BCUT2D eigenvalue weighted by atomic mass is 16.1. The first kappa shape index (κ1) is 16.8. The van der Waals surface area contributed by atoms with E-state index in [1.807, 2.05) is 30.3 Å². The first-order chi connectivity index (χ1) is 10.1. The van der Waals surface area contributed by atoms with E-state index < -0.39 is 0 Å². The third kappa shape index (κ3) is 5.31. The van der Waals surface area contributed by atoms with Crippen LogP contribution in [0, 0.1) is 11.3 Å². The summed E-state index contributed by atoms with van der Waals surface area (Å²) in [5, 5.41) is 14.9. The molecule has 0 aliphatic heterocycles. The van der Waals surface area contributed by atoms with Crippen molar-refractivity contribution in [2.45, 2.75) is 39.5 Å². The maximum atomic E-state index is 11.8. The van der Waals surface area contributed by atoms with E-state index >= 15 is 0 Å². The number of nitrogens with one attached hydrogen (secondary N) is 2. The van der Waals surface area contributed by atoms with Gasteiger partial charge in [-0.25, -0.2) is 0 Å². The smallest absolute Gasteiger partial charge is 0.263 e. The molecule has 0 fully saturated rings. The molecule has 0 aliphatic rings. The Bertz CT molecular complexity index is 541. The van der Waals surface area contributed by atoms with E-state index in [-0.39, 0.29) is 11.5 Å². The molecule has 112 valence electrons. The maximum Gasteiger partial charge on any atom is 0.263 e. The van der Waals surface area contributed by atoms with Crippen molar-refractivity contribution in [2.24, 2.45) is 0 Å². The van der Waals surface area contributed by atoms with E-state index in [2.05, 4.69) is 31.4 Å². The van der Waals surface area contributed by atoms with Gasteiger partial charge in [0.1, 0.15) is 11.6 Å². The molecule has 4 heteroatoms. The van der Waals surface area contributed by atoms with Crippen LogP contribution >= 0.6 is 0 Å². The van der Waals surface area contributed by atoms with Crippen LogP contribution in [0.25, 0.3) is 0 Å². The zero-order valence-corrected chi connectivity index (χ0v) is 12.9. The molecule has 0 saturated heterocycles. The Balaban J connectivity index is 2.77. The Morgan fingerprint density at radius 1 is 1.38 bits per heavy atom. The molecule has 0 bridgehead atoms. The summed E-state index contributed by atoms with van der Waals surface area (Å²) in [6.45, 7) is 6.86. The zero-order chi connectivity index (χ0) is 15.7. The fraction of sp³-hybridized carbons (Fsp3) is 0.412. The van der Waals surface area contributed by atoms with Crippen LogP contribution in [-0.4, -0.2) is 12.5 Å². The van der Waals surface area contributed by atoms with Crippen LogP contribution < -0.4 is 10.6 Å². The first-order valence-electron chi connectivity index (χ1n) is 7.34. The van der Waals surface area contributed by atoms with Gasteiger partial charge in [-0.3, -0.25) is 4.79 Å². The first-order valence-corrected chi connectivity index (χ1v) is 7.34. The molecule has 0 aromatic heterocycles. The second-order valence-electron chi connectivity index (χ2n) is 5.17. The van der Waals surface area contributed by atoms with Gasteiger partial charge < -0.3 is 10.6 Å². The number of amides is 1. The molecule has 21 heavy (non-hydrogen) atoms. The Morgan fingerprint density at radius 3 is 2.71 bits per heavy atom. The van der Waals surface area contributed by atoms with Gasteiger partial charge in [0, 0.05) is 18.4 Å². The van der Waals surface area contributed by atoms with Crippen LogP contribution in [0.4, 0.5) is 5.69 Å². The monoisotopic (exact) mass is 285 g/mol. The molecule has 0 aliphatic carbocycles. The van der Waals surface area contributed by atoms with E-state index in [1.54, 1.807) is 0 Å². The second kappa shape index (κ2) is 8.80. The van der Waals surface area contributed by atoms with Gasteiger partial charge >= 0.3 is 0 Å². The van der Waals surface area contributed by atoms with Gasteiger partial charge in [0.25, 0.3) is 5.91 Å². The Hall–Kier alpha value is -2.28. The van der Waals surface area contributed by atoms with Crippen LogP contribution in [0.2, 0.25) is 0 Å². The number of benzene rings is 1. The fourth-order valence-electron chi connectivity index (χ4n) is 1.90. The SMILES string of the molecule is CCCCNC(=O)/C(C#N)=C\Nc1ccccc1C(C)C. The number of carbonyl (C=O) groups is 1. The van der Waals surface area contributed by atoms with Crippen LogP contribution in [0.15, 0.2) is 36.0 Å². The predicted octanol–water partition coefficient (Wildman–Crippen LogP) is 3.55. The van der Waals surface area contributed by atoms with Crippen LogP contribution in [0.1, 0.15) is 45.1 Å². The van der Waals surface area contributed by atoms with E-state index in [1.165, 1.54) is 6.20 Å². The van der Waals surface area contributed by atoms with Gasteiger partial charge in [-0.1, -0.05) is 45.4 Å². The minimum atomic E-state index is -0.333. The van der Waals surface area contributed by atoms with Gasteiger partial charge in [-0.15, -0.1) is 0 Å². The van der Waals surface area contributed by atoms with Gasteiger partial charge in [0.15, 0.2) is 0 Å². The van der Waals surface area contributed by atoms with Crippen molar-refractivity contribution in [1.82, 2.24) is 5.32 Å². The average Bonchev–Trinajstić information content (AvgIpc) is 2.48. The van der Waals surface area contributed by atoms with Gasteiger partial charge in [-0.2, -0.15) is 5.26 Å². The molecular formula is C17H23N3O. The van der Waals surface area contributed by atoms with E-state index in [0.29, 0.717) is 12.5 Å². The van der Waals surface area contributed by atoms with Crippen molar-refractivity contribution in [3.8, 4) is 6.07 Å². The summed E-state index contributed by atoms with van der Waals surface area (Å²) in [7, 11) is 0. The molecule has 0 spiro atoms. The van der Waals surface area contributed by atoms with E-state index in [0.717, 1.165) is 24.1 Å². The lowest BCUT2D eigenvalue weighted by Crippen LogP contribution is -2.25. The minimum absolute atomic E-state index is 0.0877. The highest BCUT2D eigenvalue weighted by Crippen LogP contribution is 2.23. The molecule has 2 N–H and O–H groups in total. The number of unbranched alkanes of at least 4 members (excludes halogenated alkanes) is 1. The van der Waals surface area contributed by atoms with Gasteiger partial charge in [0.2, 0.25) is 0 Å². The number of para-hydroxylation sites is 1. The summed E-state index contributed by atoms with van der Waals surface area (Å²) in [5.74, 6) is 0.0338. The van der Waals surface area contributed by atoms with Crippen LogP contribution in [-0.2, 0) is 4.79 Å². The molecule has 0 radical (unpaired) electrons. The van der Waals surface area contributed by atoms with Crippen molar-refractivity contribution >= 4 is 11.6 Å². The highest BCUT2D eigenvalue weighted by Gasteiger charge is 2.09. The van der Waals surface area contributed by atoms with Crippen LogP contribution in [0.5, 0.6) is 0 Å². The maximum absolute atomic E-state index is 11.8. The molecule has 1 aromatic carbocycles. The molecular weight excluding hydrogens is 262 g/mol. The summed E-state index contributed by atoms with van der Waals surface area (Å²) in [5.41, 5.74) is 2.16. The third-order valence-corrected chi connectivity index (χ3v) is 3.14. The fourth-order valence-corrected chi connectivity index (χ4v) is 1.90. The summed E-state index contributed by atoms with van der Waals surface area (Å²) >= 11 is 0. The topological polar surface area (TPSA) is 64.9 Å². The van der Waals surface area contributed by atoms with Gasteiger partial charge in [0.05, 0.1) is 0 Å². The molecule has 1 rings (SSSR count). The van der Waals surface area contributed by atoms with E-state index in [4.69, 9.17) is 5.26 Å². The standard InChI is InChI=1S/C17H23N3O/c1-4-5-10-19-17(21)14(11-18)12-20-16-9-7-6-8-15(16)13(2)3/h6-9,12-13,20H,4-5,10H2,1-3H3,(H,19,21)/b14-12-. The summed E-state index contributed by atoms with van der Waals surface area (Å²) in [6.07, 6.45) is 3.39. The molecule has 4 nitrogen and oxygen atoms in total. The number of anilines is 1. The quantitative estimate of drug-likeness (QED) is 0.457. The molecule has 0 unspecified atom stereocenters. The van der Waals surface area contributed by atoms with Gasteiger partial charge in [-0.05, 0) is 24.0 Å². The minimum Gasteiger partial charge on any atom is -0.360 e. The lowest BCUT2D eigenvalue weighted by Gasteiger charge is -2.12. The number of hydrogen-bond donors (Lipinski definition) is 2. The second-order valence-corrected chi connectivity index (χ2v) is 5.17. The molecule has 0 atom stereocenters. The number of nitriles is 1.